The lowest BCUT2D eigenvalue weighted by molar-refractivity contribution is -0.118. The molecule has 0 atom stereocenters. The first kappa shape index (κ1) is 21.8. The van der Waals surface area contributed by atoms with Crippen LogP contribution in [0.15, 0.2) is 35.9 Å². The van der Waals surface area contributed by atoms with E-state index in [2.05, 4.69) is 16.8 Å². The third-order valence-electron chi connectivity index (χ3n) is 4.47. The van der Waals surface area contributed by atoms with Crippen molar-refractivity contribution in [3.8, 4) is 11.8 Å². The number of amides is 2. The zero-order valence-electron chi connectivity index (χ0n) is 17.0. The minimum absolute atomic E-state index is 0.00584. The molecule has 0 aliphatic rings. The van der Waals surface area contributed by atoms with Gasteiger partial charge in [-0.15, -0.1) is 0 Å². The van der Waals surface area contributed by atoms with E-state index < -0.39 is 11.8 Å². The fourth-order valence-corrected chi connectivity index (χ4v) is 2.99. The fourth-order valence-electron chi connectivity index (χ4n) is 2.99. The molecule has 7 heteroatoms. The standard InChI is InChI=1S/C22H26N4O3/c1-4-10-26-15(2)12-17(16(26)3)13-18(14-23)22(28)25-19-7-5-6-8-20(19)29-11-9-21(24)27/h5-8,12-13H,4,9-11H2,1-3H3,(H2,24,27)(H,25,28)/b18-13-. The SMILES string of the molecule is CCCn1c(C)cc(/C=C(/C#N)C(=O)Nc2ccccc2OCCC(N)=O)c1C. The molecule has 0 spiro atoms. The fraction of sp³-hybridized carbons (Fsp3) is 0.318. The number of rotatable bonds is 9. The van der Waals surface area contributed by atoms with Crippen molar-refractivity contribution >= 4 is 23.6 Å². The molecule has 0 bridgehead atoms. The third kappa shape index (κ3) is 5.72. The number of anilines is 1. The Morgan fingerprint density at radius 3 is 2.69 bits per heavy atom. The molecule has 2 aromatic rings. The quantitative estimate of drug-likeness (QED) is 0.502. The molecule has 29 heavy (non-hydrogen) atoms. The average molecular weight is 394 g/mol. The summed E-state index contributed by atoms with van der Waals surface area (Å²) < 4.78 is 7.69. The Labute approximate surface area is 170 Å². The maximum atomic E-state index is 12.7. The summed E-state index contributed by atoms with van der Waals surface area (Å²) in [5.74, 6) is -0.596. The van der Waals surface area contributed by atoms with Crippen molar-refractivity contribution in [2.75, 3.05) is 11.9 Å². The topological polar surface area (TPSA) is 110 Å². The normalized spacial score (nSPS) is 11.0. The van der Waals surface area contributed by atoms with E-state index in [9.17, 15) is 14.9 Å². The van der Waals surface area contributed by atoms with E-state index in [-0.39, 0.29) is 18.6 Å². The van der Waals surface area contributed by atoms with Gasteiger partial charge in [0.1, 0.15) is 17.4 Å². The van der Waals surface area contributed by atoms with Gasteiger partial charge in [-0.05, 0) is 50.1 Å². The third-order valence-corrected chi connectivity index (χ3v) is 4.47. The van der Waals surface area contributed by atoms with Gasteiger partial charge in [-0.25, -0.2) is 0 Å². The van der Waals surface area contributed by atoms with Crippen LogP contribution in [0.4, 0.5) is 5.69 Å². The summed E-state index contributed by atoms with van der Waals surface area (Å²) in [4.78, 5) is 23.5. The minimum Gasteiger partial charge on any atom is -0.491 e. The summed E-state index contributed by atoms with van der Waals surface area (Å²) in [5, 5.41) is 12.2. The molecule has 0 saturated carbocycles. The highest BCUT2D eigenvalue weighted by molar-refractivity contribution is 6.10. The van der Waals surface area contributed by atoms with Crippen molar-refractivity contribution in [2.45, 2.75) is 40.2 Å². The molecule has 0 aliphatic carbocycles. The molecule has 0 unspecified atom stereocenters. The van der Waals surface area contributed by atoms with Crippen LogP contribution in [0.3, 0.4) is 0 Å². The molecule has 0 aliphatic heterocycles. The number of carbonyl (C=O) groups excluding carboxylic acids is 2. The smallest absolute Gasteiger partial charge is 0.266 e. The molecule has 0 radical (unpaired) electrons. The van der Waals surface area contributed by atoms with Gasteiger partial charge in [0.2, 0.25) is 5.91 Å². The van der Waals surface area contributed by atoms with Crippen LogP contribution >= 0.6 is 0 Å². The molecule has 152 valence electrons. The zero-order chi connectivity index (χ0) is 21.4. The Morgan fingerprint density at radius 2 is 2.03 bits per heavy atom. The van der Waals surface area contributed by atoms with Crippen LogP contribution in [0, 0.1) is 25.2 Å². The minimum atomic E-state index is -0.529. The lowest BCUT2D eigenvalue weighted by Crippen LogP contribution is -2.16. The lowest BCUT2D eigenvalue weighted by Gasteiger charge is -2.11. The predicted octanol–water partition coefficient (Wildman–Crippen LogP) is 3.31. The highest BCUT2D eigenvalue weighted by atomic mass is 16.5. The Balaban J connectivity index is 2.21. The Morgan fingerprint density at radius 1 is 1.31 bits per heavy atom. The molecule has 1 aromatic heterocycles. The van der Waals surface area contributed by atoms with Gasteiger partial charge in [-0.2, -0.15) is 5.26 Å². The maximum absolute atomic E-state index is 12.7. The molecule has 1 heterocycles. The van der Waals surface area contributed by atoms with Crippen molar-refractivity contribution in [1.29, 1.82) is 5.26 Å². The molecular weight excluding hydrogens is 368 g/mol. The molecular formula is C22H26N4O3. The predicted molar refractivity (Wildman–Crippen MR) is 112 cm³/mol. The molecule has 0 fully saturated rings. The molecule has 2 amide bonds. The Bertz CT molecular complexity index is 967. The van der Waals surface area contributed by atoms with Crippen molar-refractivity contribution in [2.24, 2.45) is 5.73 Å². The first-order chi connectivity index (χ1) is 13.9. The van der Waals surface area contributed by atoms with Gasteiger partial charge in [-0.1, -0.05) is 19.1 Å². The summed E-state index contributed by atoms with van der Waals surface area (Å²) in [6.07, 6.45) is 2.66. The average Bonchev–Trinajstić information content (AvgIpc) is 2.94. The van der Waals surface area contributed by atoms with Crippen LogP contribution in [0.2, 0.25) is 0 Å². The Kier molecular flexibility index (Phi) is 7.61. The number of benzene rings is 1. The van der Waals surface area contributed by atoms with Gasteiger partial charge in [0.05, 0.1) is 18.7 Å². The van der Waals surface area contributed by atoms with E-state index in [1.807, 2.05) is 26.0 Å². The van der Waals surface area contributed by atoms with Crippen LogP contribution in [-0.2, 0) is 16.1 Å². The maximum Gasteiger partial charge on any atom is 0.266 e. The van der Waals surface area contributed by atoms with Crippen LogP contribution in [0.1, 0.15) is 36.7 Å². The lowest BCUT2D eigenvalue weighted by atomic mass is 10.1. The van der Waals surface area contributed by atoms with Crippen molar-refractivity contribution < 1.29 is 14.3 Å². The monoisotopic (exact) mass is 394 g/mol. The van der Waals surface area contributed by atoms with E-state index in [0.29, 0.717) is 11.4 Å². The largest absolute Gasteiger partial charge is 0.491 e. The number of nitrogens with one attached hydrogen (secondary N) is 1. The highest BCUT2D eigenvalue weighted by Gasteiger charge is 2.15. The van der Waals surface area contributed by atoms with Gasteiger partial charge in [0.15, 0.2) is 0 Å². The summed E-state index contributed by atoms with van der Waals surface area (Å²) in [6, 6.07) is 10.8. The van der Waals surface area contributed by atoms with Crippen LogP contribution in [0.5, 0.6) is 5.75 Å². The van der Waals surface area contributed by atoms with E-state index in [4.69, 9.17) is 10.5 Å². The van der Waals surface area contributed by atoms with Gasteiger partial charge in [-0.3, -0.25) is 9.59 Å². The van der Waals surface area contributed by atoms with Crippen molar-refractivity contribution in [3.63, 3.8) is 0 Å². The van der Waals surface area contributed by atoms with E-state index in [0.717, 1.165) is 29.9 Å². The second-order valence-electron chi connectivity index (χ2n) is 6.66. The number of nitrogens with zero attached hydrogens (tertiary/aromatic N) is 2. The molecule has 1 aromatic carbocycles. The van der Waals surface area contributed by atoms with E-state index in [1.54, 1.807) is 30.3 Å². The van der Waals surface area contributed by atoms with Gasteiger partial charge in [0.25, 0.3) is 5.91 Å². The number of aryl methyl sites for hydroxylation is 1. The Hall–Kier alpha value is -3.53. The van der Waals surface area contributed by atoms with Crippen LogP contribution in [-0.4, -0.2) is 23.0 Å². The number of carbonyl (C=O) groups is 2. The van der Waals surface area contributed by atoms with Gasteiger partial charge < -0.3 is 20.4 Å². The number of primary amides is 1. The van der Waals surface area contributed by atoms with Crippen LogP contribution < -0.4 is 15.8 Å². The van der Waals surface area contributed by atoms with Gasteiger partial charge >= 0.3 is 0 Å². The number of hydrogen-bond acceptors (Lipinski definition) is 4. The van der Waals surface area contributed by atoms with Crippen molar-refractivity contribution in [1.82, 2.24) is 4.57 Å². The summed E-state index contributed by atoms with van der Waals surface area (Å²) in [6.45, 7) is 7.07. The summed E-state index contributed by atoms with van der Waals surface area (Å²) in [7, 11) is 0. The van der Waals surface area contributed by atoms with E-state index >= 15 is 0 Å². The highest BCUT2D eigenvalue weighted by Crippen LogP contribution is 2.25. The molecule has 3 N–H and O–H groups in total. The van der Waals surface area contributed by atoms with E-state index in [1.165, 1.54) is 0 Å². The summed E-state index contributed by atoms with van der Waals surface area (Å²) >= 11 is 0. The second-order valence-corrected chi connectivity index (χ2v) is 6.66. The van der Waals surface area contributed by atoms with Gasteiger partial charge in [0, 0.05) is 17.9 Å². The molecule has 7 nitrogen and oxygen atoms in total. The summed E-state index contributed by atoms with van der Waals surface area (Å²) in [5.41, 5.74) is 8.47. The number of nitriles is 1. The molecule has 2 rings (SSSR count). The first-order valence-electron chi connectivity index (χ1n) is 9.47. The second kappa shape index (κ2) is 10.1. The number of nitrogens with two attached hydrogens (primary N) is 1. The van der Waals surface area contributed by atoms with Crippen LogP contribution in [0.25, 0.3) is 6.08 Å². The molecule has 0 saturated heterocycles. The first-order valence-corrected chi connectivity index (χ1v) is 9.47. The van der Waals surface area contributed by atoms with Crippen molar-refractivity contribution in [3.05, 3.63) is 52.9 Å². The number of ether oxygens (including phenoxy) is 1. The number of para-hydroxylation sites is 2. The number of aromatic nitrogens is 1. The zero-order valence-corrected chi connectivity index (χ0v) is 17.0. The number of hydrogen-bond donors (Lipinski definition) is 2.